The molecular formula is C28H18BrClN2. The third-order valence-corrected chi connectivity index (χ3v) is 6.05. The fraction of sp³-hybridized carbons (Fsp3) is 0. The summed E-state index contributed by atoms with van der Waals surface area (Å²) >= 11 is 10.1. The lowest BCUT2D eigenvalue weighted by molar-refractivity contribution is 1.18. The summed E-state index contributed by atoms with van der Waals surface area (Å²) in [5, 5.41) is 0.648. The van der Waals surface area contributed by atoms with E-state index in [1.54, 1.807) is 0 Å². The summed E-state index contributed by atoms with van der Waals surface area (Å²) in [6.07, 6.45) is 0. The van der Waals surface area contributed by atoms with Crippen LogP contribution in [0.25, 0.3) is 45.0 Å². The van der Waals surface area contributed by atoms with Crippen molar-refractivity contribution < 1.29 is 0 Å². The Bertz CT molecular complexity index is 1390. The van der Waals surface area contributed by atoms with Gasteiger partial charge in [0.05, 0.1) is 16.4 Å². The first-order valence-electron chi connectivity index (χ1n) is 10.2. The van der Waals surface area contributed by atoms with Crippen LogP contribution in [0.2, 0.25) is 5.02 Å². The van der Waals surface area contributed by atoms with E-state index in [1.807, 2.05) is 72.8 Å². The van der Waals surface area contributed by atoms with Crippen molar-refractivity contribution in [1.82, 2.24) is 9.97 Å². The Morgan fingerprint density at radius 1 is 0.531 bits per heavy atom. The third-order valence-electron chi connectivity index (χ3n) is 5.23. The van der Waals surface area contributed by atoms with E-state index >= 15 is 0 Å². The van der Waals surface area contributed by atoms with Gasteiger partial charge in [-0.3, -0.25) is 0 Å². The number of hydrogen-bond acceptors (Lipinski definition) is 2. The molecular weight excluding hydrogens is 480 g/mol. The average molecular weight is 498 g/mol. The summed E-state index contributed by atoms with van der Waals surface area (Å²) in [6.45, 7) is 0. The minimum absolute atomic E-state index is 0.648. The highest BCUT2D eigenvalue weighted by Gasteiger charge is 2.13. The molecule has 4 heteroatoms. The zero-order valence-electron chi connectivity index (χ0n) is 17.0. The fourth-order valence-electron chi connectivity index (χ4n) is 3.63. The molecule has 4 aromatic carbocycles. The van der Waals surface area contributed by atoms with Gasteiger partial charge in [-0.1, -0.05) is 106 Å². The summed E-state index contributed by atoms with van der Waals surface area (Å²) in [7, 11) is 0. The standard InChI is InChI=1S/C28H18BrClN2/c29-23-14-15-25(30)24(17-23)27-18-26(20-10-5-2-6-11-20)31-28(32-27)22-13-7-12-21(16-22)19-8-3-1-4-9-19/h1-18H. The van der Waals surface area contributed by atoms with Crippen molar-refractivity contribution in [1.29, 1.82) is 0 Å². The fourth-order valence-corrected chi connectivity index (χ4v) is 4.21. The molecule has 0 N–H and O–H groups in total. The van der Waals surface area contributed by atoms with Crippen molar-refractivity contribution in [3.8, 4) is 45.0 Å². The van der Waals surface area contributed by atoms with E-state index in [0.29, 0.717) is 10.8 Å². The van der Waals surface area contributed by atoms with Crippen LogP contribution in [0.5, 0.6) is 0 Å². The van der Waals surface area contributed by atoms with Crippen molar-refractivity contribution in [2.75, 3.05) is 0 Å². The van der Waals surface area contributed by atoms with Crippen LogP contribution in [-0.4, -0.2) is 9.97 Å². The Hall–Kier alpha value is -3.27. The van der Waals surface area contributed by atoms with Crippen LogP contribution < -0.4 is 0 Å². The highest BCUT2D eigenvalue weighted by molar-refractivity contribution is 9.10. The maximum atomic E-state index is 6.55. The molecule has 0 amide bonds. The van der Waals surface area contributed by atoms with Gasteiger partial charge in [-0.25, -0.2) is 9.97 Å². The molecule has 5 aromatic rings. The molecule has 0 aliphatic carbocycles. The number of aromatic nitrogens is 2. The Morgan fingerprint density at radius 2 is 1.16 bits per heavy atom. The quantitative estimate of drug-likeness (QED) is 0.248. The molecule has 0 spiro atoms. The van der Waals surface area contributed by atoms with Crippen molar-refractivity contribution in [2.24, 2.45) is 0 Å². The number of rotatable bonds is 4. The average Bonchev–Trinajstić information content (AvgIpc) is 2.86. The van der Waals surface area contributed by atoms with Crippen LogP contribution in [0.15, 0.2) is 114 Å². The topological polar surface area (TPSA) is 25.8 Å². The molecule has 0 aliphatic heterocycles. The van der Waals surface area contributed by atoms with Gasteiger partial charge in [0.2, 0.25) is 0 Å². The maximum Gasteiger partial charge on any atom is 0.160 e. The van der Waals surface area contributed by atoms with Gasteiger partial charge in [0.15, 0.2) is 5.82 Å². The first-order chi connectivity index (χ1) is 15.7. The largest absolute Gasteiger partial charge is 0.228 e. The van der Waals surface area contributed by atoms with Crippen LogP contribution in [0.3, 0.4) is 0 Å². The van der Waals surface area contributed by atoms with Gasteiger partial charge in [-0.05, 0) is 41.5 Å². The van der Waals surface area contributed by atoms with Crippen LogP contribution in [0.1, 0.15) is 0 Å². The SMILES string of the molecule is Clc1ccc(Br)cc1-c1cc(-c2ccccc2)nc(-c2cccc(-c3ccccc3)c2)n1. The highest BCUT2D eigenvalue weighted by Crippen LogP contribution is 2.34. The first kappa shape index (κ1) is 20.6. The second-order valence-electron chi connectivity index (χ2n) is 7.40. The van der Waals surface area contributed by atoms with Gasteiger partial charge in [-0.2, -0.15) is 0 Å². The number of hydrogen-bond donors (Lipinski definition) is 0. The van der Waals surface area contributed by atoms with Gasteiger partial charge in [0, 0.05) is 21.2 Å². The molecule has 0 saturated carbocycles. The normalized spacial score (nSPS) is 10.8. The smallest absolute Gasteiger partial charge is 0.160 e. The second kappa shape index (κ2) is 9.07. The number of benzene rings is 4. The molecule has 1 heterocycles. The second-order valence-corrected chi connectivity index (χ2v) is 8.72. The van der Waals surface area contributed by atoms with Crippen molar-refractivity contribution >= 4 is 27.5 Å². The van der Waals surface area contributed by atoms with Gasteiger partial charge in [0.25, 0.3) is 0 Å². The van der Waals surface area contributed by atoms with E-state index < -0.39 is 0 Å². The zero-order chi connectivity index (χ0) is 21.9. The molecule has 2 nitrogen and oxygen atoms in total. The molecule has 0 atom stereocenters. The molecule has 5 rings (SSSR count). The third kappa shape index (κ3) is 4.36. The predicted molar refractivity (Wildman–Crippen MR) is 136 cm³/mol. The monoisotopic (exact) mass is 496 g/mol. The van der Waals surface area contributed by atoms with E-state index in [2.05, 4.69) is 52.3 Å². The number of nitrogens with zero attached hydrogens (tertiary/aromatic N) is 2. The summed E-state index contributed by atoms with van der Waals surface area (Å²) in [4.78, 5) is 9.84. The van der Waals surface area contributed by atoms with Crippen LogP contribution >= 0.6 is 27.5 Å². The molecule has 0 aliphatic rings. The maximum absolute atomic E-state index is 6.55. The Balaban J connectivity index is 1.70. The molecule has 154 valence electrons. The van der Waals surface area contributed by atoms with Gasteiger partial charge in [0.1, 0.15) is 0 Å². The molecule has 0 saturated heterocycles. The lowest BCUT2D eigenvalue weighted by Gasteiger charge is -2.11. The Labute approximate surface area is 200 Å². The Morgan fingerprint density at radius 3 is 1.91 bits per heavy atom. The van der Waals surface area contributed by atoms with Gasteiger partial charge in [-0.15, -0.1) is 0 Å². The van der Waals surface area contributed by atoms with Crippen LogP contribution in [0.4, 0.5) is 0 Å². The summed E-state index contributed by atoms with van der Waals surface area (Å²) in [5.41, 5.74) is 6.76. The summed E-state index contributed by atoms with van der Waals surface area (Å²) in [5.74, 6) is 0.662. The van der Waals surface area contributed by atoms with Crippen molar-refractivity contribution in [3.63, 3.8) is 0 Å². The molecule has 0 radical (unpaired) electrons. The number of halogens is 2. The van der Waals surface area contributed by atoms with E-state index in [4.69, 9.17) is 21.6 Å². The lowest BCUT2D eigenvalue weighted by Crippen LogP contribution is -1.96. The van der Waals surface area contributed by atoms with Gasteiger partial charge < -0.3 is 0 Å². The minimum atomic E-state index is 0.648. The lowest BCUT2D eigenvalue weighted by atomic mass is 10.0. The highest BCUT2D eigenvalue weighted by atomic mass is 79.9. The van der Waals surface area contributed by atoms with E-state index in [0.717, 1.165) is 43.7 Å². The zero-order valence-corrected chi connectivity index (χ0v) is 19.4. The molecule has 1 aromatic heterocycles. The summed E-state index contributed by atoms with van der Waals surface area (Å²) in [6, 6.07) is 36.6. The van der Waals surface area contributed by atoms with Crippen LogP contribution in [0, 0.1) is 0 Å². The van der Waals surface area contributed by atoms with Crippen LogP contribution in [-0.2, 0) is 0 Å². The van der Waals surface area contributed by atoms with E-state index in [1.165, 1.54) is 0 Å². The molecule has 0 bridgehead atoms. The molecule has 32 heavy (non-hydrogen) atoms. The first-order valence-corrected chi connectivity index (χ1v) is 11.4. The predicted octanol–water partition coefficient (Wildman–Crippen LogP) is 8.56. The van der Waals surface area contributed by atoms with E-state index in [-0.39, 0.29) is 0 Å². The van der Waals surface area contributed by atoms with E-state index in [9.17, 15) is 0 Å². The molecule has 0 fully saturated rings. The van der Waals surface area contributed by atoms with Gasteiger partial charge >= 0.3 is 0 Å². The molecule has 0 unspecified atom stereocenters. The summed E-state index contributed by atoms with van der Waals surface area (Å²) < 4.78 is 0.949. The minimum Gasteiger partial charge on any atom is -0.228 e. The Kier molecular flexibility index (Phi) is 5.85. The van der Waals surface area contributed by atoms with Crippen molar-refractivity contribution in [2.45, 2.75) is 0 Å². The van der Waals surface area contributed by atoms with Crippen molar-refractivity contribution in [3.05, 3.63) is 119 Å².